The van der Waals surface area contributed by atoms with Crippen LogP contribution in [0.3, 0.4) is 0 Å². The molecule has 0 spiro atoms. The minimum atomic E-state index is 0.423. The number of rotatable bonds is 4. The molecule has 2 aromatic rings. The van der Waals surface area contributed by atoms with Gasteiger partial charge in [0.15, 0.2) is 0 Å². The van der Waals surface area contributed by atoms with Gasteiger partial charge in [0.05, 0.1) is 0 Å². The number of piperidine rings is 1. The highest BCUT2D eigenvalue weighted by Crippen LogP contribution is 2.17. The predicted octanol–water partition coefficient (Wildman–Crippen LogP) is 2.42. The normalized spacial score (nSPS) is 16.1. The second-order valence-corrected chi connectivity index (χ2v) is 5.58. The highest BCUT2D eigenvalue weighted by Gasteiger charge is 2.19. The first-order chi connectivity index (χ1) is 10.8. The summed E-state index contributed by atoms with van der Waals surface area (Å²) in [6.07, 6.45) is 5.90. The maximum atomic E-state index is 8.89. The third kappa shape index (κ3) is 3.80. The number of hydrogen-bond acceptors (Lipinski definition) is 5. The molecule has 3 rings (SSSR count). The summed E-state index contributed by atoms with van der Waals surface area (Å²) >= 11 is 0. The number of nitrogens with zero attached hydrogens (tertiary/aromatic N) is 4. The van der Waals surface area contributed by atoms with Crippen molar-refractivity contribution in [2.75, 3.05) is 18.4 Å². The molecule has 3 heterocycles. The first kappa shape index (κ1) is 14.5. The van der Waals surface area contributed by atoms with E-state index in [2.05, 4.69) is 32.3 Å². The Hall–Kier alpha value is -2.45. The Morgan fingerprint density at radius 1 is 1.23 bits per heavy atom. The smallest absolute Gasteiger partial charge is 0.142 e. The van der Waals surface area contributed by atoms with Crippen LogP contribution in [-0.2, 0) is 6.54 Å². The summed E-state index contributed by atoms with van der Waals surface area (Å²) in [6, 6.07) is 12.1. The summed E-state index contributed by atoms with van der Waals surface area (Å²) in [5.74, 6) is 0.796. The SMILES string of the molecule is N#Cc1cccc(NC2CCN(Cc3cccnc3)CC2)n1. The molecule has 5 nitrogen and oxygen atoms in total. The van der Waals surface area contributed by atoms with Crippen molar-refractivity contribution < 1.29 is 0 Å². The standard InChI is InChI=1S/C17H19N5/c18-11-16-4-1-5-17(21-16)20-15-6-9-22(10-7-15)13-14-3-2-8-19-12-14/h1-5,8,12,15H,6-7,9-10,13H2,(H,20,21). The fourth-order valence-corrected chi connectivity index (χ4v) is 2.77. The fourth-order valence-electron chi connectivity index (χ4n) is 2.77. The average molecular weight is 293 g/mol. The zero-order valence-electron chi connectivity index (χ0n) is 12.4. The number of anilines is 1. The third-order valence-corrected chi connectivity index (χ3v) is 3.93. The summed E-state index contributed by atoms with van der Waals surface area (Å²) in [7, 11) is 0. The van der Waals surface area contributed by atoms with Crippen LogP contribution in [0.5, 0.6) is 0 Å². The van der Waals surface area contributed by atoms with Gasteiger partial charge in [0.2, 0.25) is 0 Å². The van der Waals surface area contributed by atoms with E-state index < -0.39 is 0 Å². The number of nitrogens with one attached hydrogen (secondary N) is 1. The van der Waals surface area contributed by atoms with Crippen LogP contribution >= 0.6 is 0 Å². The third-order valence-electron chi connectivity index (χ3n) is 3.93. The molecule has 1 aliphatic heterocycles. The molecule has 0 saturated carbocycles. The summed E-state index contributed by atoms with van der Waals surface area (Å²) in [5.41, 5.74) is 1.72. The molecule has 5 heteroatoms. The minimum absolute atomic E-state index is 0.423. The van der Waals surface area contributed by atoms with Gasteiger partial charge in [-0.1, -0.05) is 12.1 Å². The van der Waals surface area contributed by atoms with Crippen molar-refractivity contribution in [3.05, 3.63) is 54.0 Å². The second kappa shape index (κ2) is 7.01. The van der Waals surface area contributed by atoms with Crippen LogP contribution in [0.2, 0.25) is 0 Å². The molecular formula is C17H19N5. The Kier molecular flexibility index (Phi) is 4.62. The minimum Gasteiger partial charge on any atom is -0.367 e. The van der Waals surface area contributed by atoms with E-state index in [1.807, 2.05) is 30.6 Å². The van der Waals surface area contributed by atoms with E-state index in [0.717, 1.165) is 38.3 Å². The molecule has 0 unspecified atom stereocenters. The molecule has 0 atom stereocenters. The quantitative estimate of drug-likeness (QED) is 0.938. The van der Waals surface area contributed by atoms with Crippen LogP contribution in [0.15, 0.2) is 42.7 Å². The van der Waals surface area contributed by atoms with E-state index in [4.69, 9.17) is 5.26 Å². The van der Waals surface area contributed by atoms with Crippen LogP contribution < -0.4 is 5.32 Å². The van der Waals surface area contributed by atoms with Crippen LogP contribution in [-0.4, -0.2) is 34.0 Å². The number of aromatic nitrogens is 2. The van der Waals surface area contributed by atoms with Crippen molar-refractivity contribution in [3.8, 4) is 6.07 Å². The monoisotopic (exact) mass is 293 g/mol. The molecule has 0 aliphatic carbocycles. The van der Waals surface area contributed by atoms with Crippen molar-refractivity contribution in [1.82, 2.24) is 14.9 Å². The predicted molar refractivity (Wildman–Crippen MR) is 85.1 cm³/mol. The first-order valence-corrected chi connectivity index (χ1v) is 7.58. The molecule has 22 heavy (non-hydrogen) atoms. The van der Waals surface area contributed by atoms with Gasteiger partial charge in [-0.2, -0.15) is 5.26 Å². The maximum absolute atomic E-state index is 8.89. The summed E-state index contributed by atoms with van der Waals surface area (Å²) in [4.78, 5) is 10.9. The fraction of sp³-hybridized carbons (Fsp3) is 0.353. The largest absolute Gasteiger partial charge is 0.367 e. The summed E-state index contributed by atoms with van der Waals surface area (Å²) in [5, 5.41) is 12.3. The Morgan fingerprint density at radius 2 is 2.09 bits per heavy atom. The second-order valence-electron chi connectivity index (χ2n) is 5.58. The van der Waals surface area contributed by atoms with Gasteiger partial charge in [-0.3, -0.25) is 9.88 Å². The van der Waals surface area contributed by atoms with Crippen molar-refractivity contribution in [2.45, 2.75) is 25.4 Å². The highest BCUT2D eigenvalue weighted by molar-refractivity contribution is 5.39. The molecular weight excluding hydrogens is 274 g/mol. The van der Waals surface area contributed by atoms with Crippen LogP contribution in [0.4, 0.5) is 5.82 Å². The van der Waals surface area contributed by atoms with Gasteiger partial charge >= 0.3 is 0 Å². The molecule has 0 amide bonds. The lowest BCUT2D eigenvalue weighted by molar-refractivity contribution is 0.211. The van der Waals surface area contributed by atoms with Crippen LogP contribution in [0.25, 0.3) is 0 Å². The molecule has 1 aliphatic rings. The van der Waals surface area contributed by atoms with E-state index >= 15 is 0 Å². The lowest BCUT2D eigenvalue weighted by Crippen LogP contribution is -2.38. The van der Waals surface area contributed by atoms with E-state index in [9.17, 15) is 0 Å². The van der Waals surface area contributed by atoms with E-state index in [1.54, 1.807) is 6.07 Å². The van der Waals surface area contributed by atoms with Gasteiger partial charge in [-0.15, -0.1) is 0 Å². The summed E-state index contributed by atoms with van der Waals surface area (Å²) in [6.45, 7) is 3.08. The van der Waals surface area contributed by atoms with Gasteiger partial charge in [-0.05, 0) is 36.6 Å². The Labute approximate surface area is 130 Å². The molecule has 0 aromatic carbocycles. The molecule has 2 aromatic heterocycles. The maximum Gasteiger partial charge on any atom is 0.142 e. The molecule has 1 fully saturated rings. The number of pyridine rings is 2. The lowest BCUT2D eigenvalue weighted by Gasteiger charge is -2.32. The molecule has 1 saturated heterocycles. The van der Waals surface area contributed by atoms with Crippen molar-refractivity contribution in [2.24, 2.45) is 0 Å². The average Bonchev–Trinajstić information content (AvgIpc) is 2.58. The van der Waals surface area contributed by atoms with Gasteiger partial charge in [-0.25, -0.2) is 4.98 Å². The topological polar surface area (TPSA) is 64.8 Å². The Bertz CT molecular complexity index is 642. The molecule has 0 radical (unpaired) electrons. The van der Waals surface area contributed by atoms with Crippen molar-refractivity contribution >= 4 is 5.82 Å². The molecule has 112 valence electrons. The van der Waals surface area contributed by atoms with Crippen LogP contribution in [0.1, 0.15) is 24.1 Å². The van der Waals surface area contributed by atoms with E-state index in [0.29, 0.717) is 11.7 Å². The highest BCUT2D eigenvalue weighted by atomic mass is 15.1. The van der Waals surface area contributed by atoms with Crippen LogP contribution in [0, 0.1) is 11.3 Å². The molecule has 1 N–H and O–H groups in total. The van der Waals surface area contributed by atoms with Gasteiger partial charge in [0.1, 0.15) is 17.6 Å². The Morgan fingerprint density at radius 3 is 2.82 bits per heavy atom. The van der Waals surface area contributed by atoms with E-state index in [-0.39, 0.29) is 0 Å². The van der Waals surface area contributed by atoms with Crippen molar-refractivity contribution in [1.29, 1.82) is 5.26 Å². The number of likely N-dealkylation sites (tertiary alicyclic amines) is 1. The van der Waals surface area contributed by atoms with Gasteiger partial charge in [0, 0.05) is 38.1 Å². The van der Waals surface area contributed by atoms with Crippen molar-refractivity contribution in [3.63, 3.8) is 0 Å². The first-order valence-electron chi connectivity index (χ1n) is 7.58. The van der Waals surface area contributed by atoms with E-state index in [1.165, 1.54) is 5.56 Å². The number of nitriles is 1. The molecule has 0 bridgehead atoms. The zero-order valence-corrected chi connectivity index (χ0v) is 12.4. The lowest BCUT2D eigenvalue weighted by atomic mass is 10.0. The van der Waals surface area contributed by atoms with Gasteiger partial charge in [0.25, 0.3) is 0 Å². The number of hydrogen-bond donors (Lipinski definition) is 1. The zero-order chi connectivity index (χ0) is 15.2. The summed E-state index contributed by atoms with van der Waals surface area (Å²) < 4.78 is 0. The van der Waals surface area contributed by atoms with Gasteiger partial charge < -0.3 is 5.32 Å². The Balaban J connectivity index is 1.50.